The van der Waals surface area contributed by atoms with Gasteiger partial charge in [-0.3, -0.25) is 9.59 Å². The summed E-state index contributed by atoms with van der Waals surface area (Å²) in [6, 6.07) is 4.61. The maximum Gasteiger partial charge on any atom is 0.237 e. The third kappa shape index (κ3) is 3.15. The molecular weight excluding hydrogens is 374 g/mol. The lowest BCUT2D eigenvalue weighted by atomic mass is 10.00. The molecule has 114 valence electrons. The van der Waals surface area contributed by atoms with Gasteiger partial charge in [0.15, 0.2) is 0 Å². The highest BCUT2D eigenvalue weighted by Gasteiger charge is 2.26. The summed E-state index contributed by atoms with van der Waals surface area (Å²) in [6.45, 7) is 0. The number of hydrogen-bond acceptors (Lipinski definition) is 4. The van der Waals surface area contributed by atoms with Crippen molar-refractivity contribution < 1.29 is 19.8 Å². The van der Waals surface area contributed by atoms with Gasteiger partial charge < -0.3 is 10.2 Å². The summed E-state index contributed by atoms with van der Waals surface area (Å²) in [5, 5.41) is 19.3. The van der Waals surface area contributed by atoms with Crippen LogP contribution in [0.2, 0.25) is 20.1 Å². The highest BCUT2D eigenvalue weighted by atomic mass is 35.5. The minimum atomic E-state index is -1.12. The zero-order chi connectivity index (χ0) is 16.6. The van der Waals surface area contributed by atoms with Gasteiger partial charge in [-0.25, -0.2) is 0 Å². The Kier molecular flexibility index (Phi) is 4.87. The Labute approximate surface area is 144 Å². The fourth-order valence-electron chi connectivity index (χ4n) is 1.72. The van der Waals surface area contributed by atoms with E-state index in [0.29, 0.717) is 0 Å². The summed E-state index contributed by atoms with van der Waals surface area (Å²) in [7, 11) is 0. The summed E-state index contributed by atoms with van der Waals surface area (Å²) >= 11 is 22.9. The molecule has 0 heterocycles. The number of halogens is 4. The van der Waals surface area contributed by atoms with Crippen molar-refractivity contribution in [1.82, 2.24) is 0 Å². The molecule has 22 heavy (non-hydrogen) atoms. The lowest BCUT2D eigenvalue weighted by Gasteiger charge is -2.08. The molecule has 0 fully saturated rings. The lowest BCUT2D eigenvalue weighted by Crippen LogP contribution is -2.15. The topological polar surface area (TPSA) is 74.6 Å². The van der Waals surface area contributed by atoms with Crippen LogP contribution in [0, 0.1) is 0 Å². The molecule has 0 aliphatic heterocycles. The van der Waals surface area contributed by atoms with Crippen LogP contribution in [-0.4, -0.2) is 21.8 Å². The highest BCUT2D eigenvalue weighted by molar-refractivity contribution is 6.52. The van der Waals surface area contributed by atoms with Crippen molar-refractivity contribution >= 4 is 58.0 Å². The number of carbonyl (C=O) groups excluding carboxylic acids is 2. The van der Waals surface area contributed by atoms with E-state index in [-0.39, 0.29) is 20.1 Å². The molecule has 0 saturated carbocycles. The first-order valence-electron chi connectivity index (χ1n) is 5.67. The quantitative estimate of drug-likeness (QED) is 0.594. The number of phenolic OH excluding ortho intramolecular Hbond substituents is 2. The average Bonchev–Trinajstić information content (AvgIpc) is 2.45. The van der Waals surface area contributed by atoms with Crippen molar-refractivity contribution in [3.63, 3.8) is 0 Å². The third-order valence-corrected chi connectivity index (χ3v) is 3.76. The second-order valence-electron chi connectivity index (χ2n) is 4.23. The van der Waals surface area contributed by atoms with Crippen molar-refractivity contribution in [3.05, 3.63) is 55.5 Å². The van der Waals surface area contributed by atoms with Gasteiger partial charge in [-0.2, -0.15) is 0 Å². The number of hydrogen-bond donors (Lipinski definition) is 2. The number of ketones is 2. The molecule has 0 atom stereocenters. The Morgan fingerprint density at radius 1 is 0.682 bits per heavy atom. The number of Topliss-reactive ketones (excluding diaryl/α,β-unsaturated/α-hetero) is 2. The second-order valence-corrected chi connectivity index (χ2v) is 5.91. The average molecular weight is 380 g/mol. The SMILES string of the molecule is O=C(C(=O)c1cc(Cl)cc(Cl)c1O)c1cc(Cl)cc(Cl)c1O. The number of benzene rings is 2. The van der Waals surface area contributed by atoms with Crippen molar-refractivity contribution in [2.24, 2.45) is 0 Å². The van der Waals surface area contributed by atoms with Gasteiger partial charge >= 0.3 is 0 Å². The molecule has 0 radical (unpaired) electrons. The molecule has 0 aliphatic rings. The molecule has 0 bridgehead atoms. The first kappa shape index (κ1) is 16.9. The molecule has 0 unspecified atom stereocenters. The van der Waals surface area contributed by atoms with Crippen LogP contribution in [-0.2, 0) is 0 Å². The van der Waals surface area contributed by atoms with Crippen molar-refractivity contribution in [1.29, 1.82) is 0 Å². The zero-order valence-electron chi connectivity index (χ0n) is 10.5. The monoisotopic (exact) mass is 378 g/mol. The van der Waals surface area contributed by atoms with Gasteiger partial charge in [0, 0.05) is 10.0 Å². The maximum atomic E-state index is 12.2. The Hall–Kier alpha value is -1.46. The number of aromatic hydroxyl groups is 2. The molecule has 0 spiro atoms. The van der Waals surface area contributed by atoms with Gasteiger partial charge in [-0.1, -0.05) is 46.4 Å². The summed E-state index contributed by atoms with van der Waals surface area (Å²) in [5.41, 5.74) is -0.781. The predicted octanol–water partition coefficient (Wildman–Crippen LogP) is 4.78. The van der Waals surface area contributed by atoms with Crippen LogP contribution < -0.4 is 0 Å². The molecule has 2 rings (SSSR count). The lowest BCUT2D eigenvalue weighted by molar-refractivity contribution is 0.0813. The van der Waals surface area contributed by atoms with Crippen molar-refractivity contribution in [2.45, 2.75) is 0 Å². The summed E-state index contributed by atoms with van der Waals surface area (Å²) in [5.74, 6) is -3.40. The van der Waals surface area contributed by atoms with Crippen LogP contribution in [0.1, 0.15) is 20.7 Å². The van der Waals surface area contributed by atoms with E-state index in [1.165, 1.54) is 12.1 Å². The Balaban J connectivity index is 2.54. The minimum Gasteiger partial charge on any atom is -0.506 e. The van der Waals surface area contributed by atoms with E-state index in [9.17, 15) is 19.8 Å². The first-order valence-corrected chi connectivity index (χ1v) is 7.18. The van der Waals surface area contributed by atoms with Gasteiger partial charge in [0.05, 0.1) is 21.2 Å². The molecule has 0 amide bonds. The van der Waals surface area contributed by atoms with Crippen LogP contribution in [0.25, 0.3) is 0 Å². The fraction of sp³-hybridized carbons (Fsp3) is 0. The number of rotatable bonds is 3. The third-order valence-electron chi connectivity index (χ3n) is 2.75. The van der Waals surface area contributed by atoms with Crippen molar-refractivity contribution in [3.8, 4) is 11.5 Å². The second kappa shape index (κ2) is 6.34. The van der Waals surface area contributed by atoms with Crippen LogP contribution >= 0.6 is 46.4 Å². The maximum absolute atomic E-state index is 12.2. The number of phenols is 2. The molecule has 8 heteroatoms. The van der Waals surface area contributed by atoms with Crippen LogP contribution in [0.15, 0.2) is 24.3 Å². The molecule has 0 saturated heterocycles. The van der Waals surface area contributed by atoms with Crippen LogP contribution in [0.4, 0.5) is 0 Å². The molecule has 2 N–H and O–H groups in total. The minimum absolute atomic E-state index is 0.0623. The summed E-state index contributed by atoms with van der Waals surface area (Å²) in [4.78, 5) is 24.4. The van der Waals surface area contributed by atoms with Gasteiger partial charge in [0.25, 0.3) is 0 Å². The van der Waals surface area contributed by atoms with E-state index < -0.39 is 34.2 Å². The Morgan fingerprint density at radius 2 is 1.00 bits per heavy atom. The molecular formula is C14H6Cl4O4. The number of carbonyl (C=O) groups is 2. The molecule has 2 aromatic carbocycles. The molecule has 4 nitrogen and oxygen atoms in total. The van der Waals surface area contributed by atoms with Gasteiger partial charge in [0.1, 0.15) is 11.5 Å². The van der Waals surface area contributed by atoms with Gasteiger partial charge in [-0.05, 0) is 24.3 Å². The van der Waals surface area contributed by atoms with Gasteiger partial charge in [0.2, 0.25) is 11.6 Å². The van der Waals surface area contributed by atoms with Crippen LogP contribution in [0.3, 0.4) is 0 Å². The Morgan fingerprint density at radius 3 is 1.32 bits per heavy atom. The van der Waals surface area contributed by atoms with Gasteiger partial charge in [-0.15, -0.1) is 0 Å². The zero-order valence-corrected chi connectivity index (χ0v) is 13.6. The normalized spacial score (nSPS) is 10.5. The van der Waals surface area contributed by atoms with E-state index in [1.54, 1.807) is 0 Å². The summed E-state index contributed by atoms with van der Waals surface area (Å²) < 4.78 is 0. The van der Waals surface area contributed by atoms with E-state index >= 15 is 0 Å². The fourth-order valence-corrected chi connectivity index (χ4v) is 2.71. The van der Waals surface area contributed by atoms with E-state index in [1.807, 2.05) is 0 Å². The van der Waals surface area contributed by atoms with Crippen molar-refractivity contribution in [2.75, 3.05) is 0 Å². The summed E-state index contributed by atoms with van der Waals surface area (Å²) in [6.07, 6.45) is 0. The molecule has 0 aliphatic carbocycles. The first-order chi connectivity index (χ1) is 10.2. The Bertz CT molecular complexity index is 734. The van der Waals surface area contributed by atoms with E-state index in [2.05, 4.69) is 0 Å². The molecule has 0 aromatic heterocycles. The standard InChI is InChI=1S/C14H6Cl4O4/c15-5-1-7(11(19)9(17)3-5)13(21)14(22)8-2-6(16)4-10(18)12(8)20/h1-4,19-20H. The highest BCUT2D eigenvalue weighted by Crippen LogP contribution is 2.35. The van der Waals surface area contributed by atoms with Crippen LogP contribution in [0.5, 0.6) is 11.5 Å². The van der Waals surface area contributed by atoms with E-state index in [0.717, 1.165) is 12.1 Å². The smallest absolute Gasteiger partial charge is 0.237 e. The largest absolute Gasteiger partial charge is 0.506 e. The molecule has 2 aromatic rings. The predicted molar refractivity (Wildman–Crippen MR) is 84.9 cm³/mol. The van der Waals surface area contributed by atoms with E-state index in [4.69, 9.17) is 46.4 Å².